The summed E-state index contributed by atoms with van der Waals surface area (Å²) in [7, 11) is 0. The Bertz CT molecular complexity index is 964. The zero-order chi connectivity index (χ0) is 19.2. The summed E-state index contributed by atoms with van der Waals surface area (Å²) in [6.45, 7) is 0.525. The van der Waals surface area contributed by atoms with Crippen LogP contribution in [0.2, 0.25) is 0 Å². The van der Waals surface area contributed by atoms with Crippen LogP contribution in [0.4, 0.5) is 11.4 Å². The van der Waals surface area contributed by atoms with Gasteiger partial charge in [0.15, 0.2) is 11.5 Å². The number of nitro groups is 1. The molecule has 1 aliphatic heterocycles. The Labute approximate surface area is 154 Å². The van der Waals surface area contributed by atoms with E-state index in [9.17, 15) is 20.2 Å². The highest BCUT2D eigenvalue weighted by Gasteiger charge is 2.17. The molecule has 9 heteroatoms. The first-order valence-electron chi connectivity index (χ1n) is 7.85. The first kappa shape index (κ1) is 17.8. The van der Waals surface area contributed by atoms with Gasteiger partial charge in [0, 0.05) is 18.8 Å². The van der Waals surface area contributed by atoms with Gasteiger partial charge >= 0.3 is 0 Å². The van der Waals surface area contributed by atoms with Crippen molar-refractivity contribution >= 4 is 17.3 Å². The number of nitrogens with one attached hydrogen (secondary N) is 2. The van der Waals surface area contributed by atoms with E-state index in [-0.39, 0.29) is 23.7 Å². The number of ether oxygens (including phenoxy) is 2. The minimum absolute atomic E-state index is 0.0180. The number of benzene rings is 2. The van der Waals surface area contributed by atoms with Gasteiger partial charge in [0.05, 0.1) is 4.92 Å². The second-order valence-electron chi connectivity index (χ2n) is 5.47. The molecule has 0 spiro atoms. The summed E-state index contributed by atoms with van der Waals surface area (Å²) in [6, 6.07) is 12.9. The normalized spacial score (nSPS) is 12.2. The highest BCUT2D eigenvalue weighted by atomic mass is 16.7. The number of para-hydroxylation sites is 2. The molecule has 0 saturated carbocycles. The van der Waals surface area contributed by atoms with Gasteiger partial charge < -0.3 is 20.1 Å². The van der Waals surface area contributed by atoms with Gasteiger partial charge in [0.1, 0.15) is 17.3 Å². The van der Waals surface area contributed by atoms with Crippen LogP contribution >= 0.6 is 0 Å². The lowest BCUT2D eigenvalue weighted by Crippen LogP contribution is -2.17. The van der Waals surface area contributed by atoms with Crippen molar-refractivity contribution < 1.29 is 19.2 Å². The van der Waals surface area contributed by atoms with Crippen molar-refractivity contribution in [1.82, 2.24) is 5.32 Å². The van der Waals surface area contributed by atoms with Crippen molar-refractivity contribution in [3.8, 4) is 17.6 Å². The molecular weight excluding hydrogens is 352 g/mol. The molecule has 0 fully saturated rings. The molecule has 1 aliphatic rings. The van der Waals surface area contributed by atoms with Crippen molar-refractivity contribution in [3.63, 3.8) is 0 Å². The van der Waals surface area contributed by atoms with Crippen molar-refractivity contribution in [2.45, 2.75) is 6.54 Å². The Morgan fingerprint density at radius 3 is 2.81 bits per heavy atom. The molecule has 27 heavy (non-hydrogen) atoms. The molecule has 0 saturated heterocycles. The van der Waals surface area contributed by atoms with Gasteiger partial charge in [-0.25, -0.2) is 0 Å². The molecule has 136 valence electrons. The largest absolute Gasteiger partial charge is 0.454 e. The average molecular weight is 366 g/mol. The van der Waals surface area contributed by atoms with Crippen LogP contribution < -0.4 is 20.1 Å². The Hall–Kier alpha value is -4.06. The summed E-state index contributed by atoms with van der Waals surface area (Å²) in [5, 5.41) is 25.4. The third kappa shape index (κ3) is 4.13. The first-order valence-corrected chi connectivity index (χ1v) is 7.85. The zero-order valence-corrected chi connectivity index (χ0v) is 14.0. The maximum atomic E-state index is 12.2. The molecule has 0 bridgehead atoms. The number of anilines is 1. The molecule has 0 aliphatic carbocycles. The summed E-state index contributed by atoms with van der Waals surface area (Å²) in [5.41, 5.74) is 0.418. The fourth-order valence-electron chi connectivity index (χ4n) is 2.40. The monoisotopic (exact) mass is 366 g/mol. The van der Waals surface area contributed by atoms with E-state index >= 15 is 0 Å². The summed E-state index contributed by atoms with van der Waals surface area (Å²) in [4.78, 5) is 22.6. The molecule has 1 amide bonds. The second-order valence-corrected chi connectivity index (χ2v) is 5.47. The minimum Gasteiger partial charge on any atom is -0.454 e. The summed E-state index contributed by atoms with van der Waals surface area (Å²) >= 11 is 0. The highest BCUT2D eigenvalue weighted by molar-refractivity contribution is 6.07. The number of nitro benzene ring substituents is 1. The number of amides is 1. The van der Waals surface area contributed by atoms with E-state index in [0.29, 0.717) is 18.0 Å². The van der Waals surface area contributed by atoms with Gasteiger partial charge in [-0.15, -0.1) is 0 Å². The average Bonchev–Trinajstić information content (AvgIpc) is 3.13. The first-order chi connectivity index (χ1) is 13.1. The fraction of sp³-hybridized carbons (Fsp3) is 0.111. The SMILES string of the molecule is N#C/C(=C/NCc1ccc2c(c1)OCO2)C(=O)Nc1ccccc1[N+](=O)[O-]. The van der Waals surface area contributed by atoms with Gasteiger partial charge in [0.2, 0.25) is 6.79 Å². The van der Waals surface area contributed by atoms with E-state index in [1.54, 1.807) is 24.3 Å². The van der Waals surface area contributed by atoms with Crippen LogP contribution in [0.25, 0.3) is 0 Å². The van der Waals surface area contributed by atoms with E-state index in [1.165, 1.54) is 24.4 Å². The lowest BCUT2D eigenvalue weighted by molar-refractivity contribution is -0.383. The Morgan fingerprint density at radius 1 is 1.26 bits per heavy atom. The molecule has 0 atom stereocenters. The Kier molecular flexibility index (Phi) is 5.18. The third-order valence-corrected chi connectivity index (χ3v) is 3.70. The van der Waals surface area contributed by atoms with E-state index in [2.05, 4.69) is 10.6 Å². The number of rotatable bonds is 6. The number of hydrogen-bond donors (Lipinski definition) is 2. The lowest BCUT2D eigenvalue weighted by Gasteiger charge is -2.06. The summed E-state index contributed by atoms with van der Waals surface area (Å²) < 4.78 is 10.5. The Balaban J connectivity index is 1.65. The van der Waals surface area contributed by atoms with Crippen molar-refractivity contribution in [3.05, 3.63) is 69.9 Å². The van der Waals surface area contributed by atoms with Gasteiger partial charge in [-0.1, -0.05) is 18.2 Å². The van der Waals surface area contributed by atoms with E-state index in [0.717, 1.165) is 5.56 Å². The lowest BCUT2D eigenvalue weighted by atomic mass is 10.2. The third-order valence-electron chi connectivity index (χ3n) is 3.70. The zero-order valence-electron chi connectivity index (χ0n) is 14.0. The number of fused-ring (bicyclic) bond motifs is 1. The molecule has 0 aromatic heterocycles. The molecule has 2 N–H and O–H groups in total. The van der Waals surface area contributed by atoms with Gasteiger partial charge in [-0.05, 0) is 23.8 Å². The van der Waals surface area contributed by atoms with E-state index < -0.39 is 10.8 Å². The summed E-state index contributed by atoms with van der Waals surface area (Å²) in [5.74, 6) is 0.550. The number of carbonyl (C=O) groups excluding carboxylic acids is 1. The molecule has 0 unspecified atom stereocenters. The van der Waals surface area contributed by atoms with E-state index in [4.69, 9.17) is 9.47 Å². The second kappa shape index (κ2) is 7.88. The maximum Gasteiger partial charge on any atom is 0.292 e. The van der Waals surface area contributed by atoms with E-state index in [1.807, 2.05) is 6.07 Å². The Morgan fingerprint density at radius 2 is 2.04 bits per heavy atom. The number of nitriles is 1. The molecule has 0 radical (unpaired) electrons. The predicted octanol–water partition coefficient (Wildman–Crippen LogP) is 2.46. The van der Waals surface area contributed by atoms with Crippen LogP contribution in [-0.4, -0.2) is 17.6 Å². The number of nitrogens with zero attached hydrogens (tertiary/aromatic N) is 2. The van der Waals surface area contributed by atoms with Crippen LogP contribution in [0.5, 0.6) is 11.5 Å². The van der Waals surface area contributed by atoms with Crippen molar-refractivity contribution in [2.75, 3.05) is 12.1 Å². The molecule has 9 nitrogen and oxygen atoms in total. The molecule has 2 aromatic rings. The molecular formula is C18H14N4O5. The molecule has 1 heterocycles. The minimum atomic E-state index is -0.745. The van der Waals surface area contributed by atoms with Crippen molar-refractivity contribution in [2.24, 2.45) is 0 Å². The standard InChI is InChI=1S/C18H14N4O5/c19-8-13(18(23)21-14-3-1-2-4-15(14)22(24)25)10-20-9-12-5-6-16-17(7-12)27-11-26-16/h1-7,10,20H,9,11H2,(H,21,23)/b13-10-. The predicted molar refractivity (Wildman–Crippen MR) is 94.8 cm³/mol. The van der Waals surface area contributed by atoms with Crippen LogP contribution in [0, 0.1) is 21.4 Å². The fourth-order valence-corrected chi connectivity index (χ4v) is 2.40. The quantitative estimate of drug-likeness (QED) is 0.348. The number of carbonyl (C=O) groups is 1. The molecule has 3 rings (SSSR count). The van der Waals surface area contributed by atoms with Crippen LogP contribution in [-0.2, 0) is 11.3 Å². The van der Waals surface area contributed by atoms with Gasteiger partial charge in [0.25, 0.3) is 11.6 Å². The molecule has 2 aromatic carbocycles. The number of hydrogen-bond acceptors (Lipinski definition) is 7. The van der Waals surface area contributed by atoms with Crippen LogP contribution in [0.1, 0.15) is 5.56 Å². The summed E-state index contributed by atoms with van der Waals surface area (Å²) in [6.07, 6.45) is 1.26. The maximum absolute atomic E-state index is 12.2. The highest BCUT2D eigenvalue weighted by Crippen LogP contribution is 2.32. The van der Waals surface area contributed by atoms with Gasteiger partial charge in [-0.3, -0.25) is 14.9 Å². The topological polar surface area (TPSA) is 127 Å². The van der Waals surface area contributed by atoms with Crippen LogP contribution in [0.15, 0.2) is 54.2 Å². The van der Waals surface area contributed by atoms with Gasteiger partial charge in [-0.2, -0.15) is 5.26 Å². The van der Waals surface area contributed by atoms with Crippen LogP contribution in [0.3, 0.4) is 0 Å². The van der Waals surface area contributed by atoms with Crippen molar-refractivity contribution in [1.29, 1.82) is 5.26 Å². The smallest absolute Gasteiger partial charge is 0.292 e.